The van der Waals surface area contributed by atoms with Crippen LogP contribution in [0.25, 0.3) is 5.65 Å². The molecule has 0 saturated heterocycles. The van der Waals surface area contributed by atoms with Crippen LogP contribution in [0.15, 0.2) is 89.0 Å². The van der Waals surface area contributed by atoms with Crippen LogP contribution in [-0.2, 0) is 22.8 Å². The number of likely N-dealkylation sites (N-methyl/N-ethyl adjacent to an activating group) is 1. The molecule has 0 bridgehead atoms. The highest BCUT2D eigenvalue weighted by atomic mass is 32.2. The summed E-state index contributed by atoms with van der Waals surface area (Å²) in [6.07, 6.45) is 6.04. The molecule has 0 spiro atoms. The molecule has 2 heterocycles. The molecule has 170 valence electrons. The number of hydrogen-bond donors (Lipinski definition) is 1. The van der Waals surface area contributed by atoms with E-state index in [1.807, 2.05) is 26.2 Å². The summed E-state index contributed by atoms with van der Waals surface area (Å²) in [6, 6.07) is 17.1. The van der Waals surface area contributed by atoms with Crippen molar-refractivity contribution in [1.82, 2.24) is 19.6 Å². The molecule has 0 aliphatic heterocycles. The average Bonchev–Trinajstić information content (AvgIpc) is 3.30. The number of hydrogen-bond acceptors (Lipinski definition) is 5. The number of rotatable bonds is 8. The van der Waals surface area contributed by atoms with Crippen molar-refractivity contribution < 1.29 is 13.2 Å². The molecule has 0 saturated carbocycles. The molecular formula is C25H26N4O3S. The quantitative estimate of drug-likeness (QED) is 0.435. The normalized spacial score (nSPS) is 11.7. The van der Waals surface area contributed by atoms with Crippen molar-refractivity contribution in [2.75, 3.05) is 20.6 Å². The van der Waals surface area contributed by atoms with E-state index >= 15 is 0 Å². The molecule has 0 aliphatic rings. The first-order valence-corrected chi connectivity index (χ1v) is 12.1. The molecule has 2 aromatic heterocycles. The predicted octanol–water partition coefficient (Wildman–Crippen LogP) is 3.20. The van der Waals surface area contributed by atoms with Crippen LogP contribution >= 0.6 is 0 Å². The Hall–Kier alpha value is -3.49. The fourth-order valence-electron chi connectivity index (χ4n) is 3.45. The smallest absolute Gasteiger partial charge is 0.253 e. The molecule has 0 fully saturated rings. The summed E-state index contributed by atoms with van der Waals surface area (Å²) in [5, 5.41) is 2.86. The number of nitrogens with zero attached hydrogens (tertiary/aromatic N) is 3. The molecule has 33 heavy (non-hydrogen) atoms. The number of sulfone groups is 1. The van der Waals surface area contributed by atoms with Gasteiger partial charge in [-0.25, -0.2) is 13.4 Å². The van der Waals surface area contributed by atoms with Crippen molar-refractivity contribution >= 4 is 21.4 Å². The van der Waals surface area contributed by atoms with Crippen LogP contribution < -0.4 is 5.32 Å². The fourth-order valence-corrected chi connectivity index (χ4v) is 4.71. The maximum atomic E-state index is 13.0. The van der Waals surface area contributed by atoms with Crippen LogP contribution in [0.4, 0.5) is 0 Å². The van der Waals surface area contributed by atoms with Gasteiger partial charge < -0.3 is 14.6 Å². The maximum Gasteiger partial charge on any atom is 0.253 e. The third-order valence-electron chi connectivity index (χ3n) is 5.42. The van der Waals surface area contributed by atoms with Gasteiger partial charge in [0.1, 0.15) is 5.65 Å². The van der Waals surface area contributed by atoms with E-state index in [1.165, 1.54) is 0 Å². The fraction of sp³-hybridized carbons (Fsp3) is 0.200. The monoisotopic (exact) mass is 462 g/mol. The van der Waals surface area contributed by atoms with E-state index < -0.39 is 9.84 Å². The van der Waals surface area contributed by atoms with Gasteiger partial charge in [-0.1, -0.05) is 24.3 Å². The lowest BCUT2D eigenvalue weighted by atomic mass is 10.1. The van der Waals surface area contributed by atoms with Crippen molar-refractivity contribution in [2.45, 2.75) is 22.8 Å². The number of benzene rings is 2. The molecule has 7 nitrogen and oxygen atoms in total. The van der Waals surface area contributed by atoms with Crippen LogP contribution in [0.2, 0.25) is 0 Å². The standard InChI is InChI=1S/C25H26N4O3S/c1-28(2)15-13-19-3-8-22(9-4-19)33(31,32)23-10-5-20(6-11-23)17-27-25(30)21-7-12-24-26-14-16-29(24)18-21/h3-12,14,16,18H,13,15,17H2,1-2H3,(H,27,30). The predicted molar refractivity (Wildman–Crippen MR) is 127 cm³/mol. The van der Waals surface area contributed by atoms with E-state index in [0.717, 1.165) is 29.7 Å². The van der Waals surface area contributed by atoms with E-state index in [1.54, 1.807) is 71.5 Å². The zero-order chi connectivity index (χ0) is 23.4. The van der Waals surface area contributed by atoms with Crippen molar-refractivity contribution in [2.24, 2.45) is 0 Å². The summed E-state index contributed by atoms with van der Waals surface area (Å²) in [6.45, 7) is 1.20. The van der Waals surface area contributed by atoms with Gasteiger partial charge in [0.05, 0.1) is 15.4 Å². The second-order valence-corrected chi connectivity index (χ2v) is 10.1. The Kier molecular flexibility index (Phi) is 6.57. The Balaban J connectivity index is 1.40. The minimum absolute atomic E-state index is 0.211. The van der Waals surface area contributed by atoms with E-state index in [9.17, 15) is 13.2 Å². The molecule has 0 atom stereocenters. The third kappa shape index (κ3) is 5.30. The Morgan fingerprint density at radius 3 is 2.21 bits per heavy atom. The van der Waals surface area contributed by atoms with E-state index in [-0.39, 0.29) is 15.7 Å². The maximum absolute atomic E-state index is 13.0. The third-order valence-corrected chi connectivity index (χ3v) is 7.20. The Labute approximate surface area is 193 Å². The summed E-state index contributed by atoms with van der Waals surface area (Å²) in [4.78, 5) is 19.2. The second-order valence-electron chi connectivity index (χ2n) is 8.14. The minimum Gasteiger partial charge on any atom is -0.348 e. The molecule has 0 unspecified atom stereocenters. The number of imidazole rings is 1. The van der Waals surface area contributed by atoms with Crippen LogP contribution in [0.3, 0.4) is 0 Å². The number of carbonyl (C=O) groups is 1. The molecular weight excluding hydrogens is 436 g/mol. The van der Waals surface area contributed by atoms with Crippen molar-refractivity contribution in [1.29, 1.82) is 0 Å². The SMILES string of the molecule is CN(C)CCc1ccc(S(=O)(=O)c2ccc(CNC(=O)c3ccc4nccn4c3)cc2)cc1. The molecule has 4 rings (SSSR count). The van der Waals surface area contributed by atoms with Crippen molar-refractivity contribution in [3.05, 3.63) is 95.9 Å². The zero-order valence-electron chi connectivity index (χ0n) is 18.6. The average molecular weight is 463 g/mol. The number of carbonyl (C=O) groups excluding carboxylic acids is 1. The summed E-state index contributed by atoms with van der Waals surface area (Å²) >= 11 is 0. The second kappa shape index (κ2) is 9.56. The van der Waals surface area contributed by atoms with Crippen molar-refractivity contribution in [3.63, 3.8) is 0 Å². The highest BCUT2D eigenvalue weighted by Gasteiger charge is 2.17. The van der Waals surface area contributed by atoms with E-state index in [4.69, 9.17) is 0 Å². The van der Waals surface area contributed by atoms with Crippen LogP contribution in [0, 0.1) is 0 Å². The van der Waals surface area contributed by atoms with Crippen LogP contribution in [0.1, 0.15) is 21.5 Å². The van der Waals surface area contributed by atoms with Gasteiger partial charge in [0.2, 0.25) is 9.84 Å². The van der Waals surface area contributed by atoms with Crippen LogP contribution in [0.5, 0.6) is 0 Å². The first-order valence-electron chi connectivity index (χ1n) is 10.6. The van der Waals surface area contributed by atoms with Gasteiger partial charge in [-0.3, -0.25) is 4.79 Å². The highest BCUT2D eigenvalue weighted by molar-refractivity contribution is 7.91. The van der Waals surface area contributed by atoms with Gasteiger partial charge in [-0.05, 0) is 68.0 Å². The molecule has 0 radical (unpaired) electrons. The largest absolute Gasteiger partial charge is 0.348 e. The number of amides is 1. The van der Waals surface area contributed by atoms with Gasteiger partial charge in [0.15, 0.2) is 0 Å². The van der Waals surface area contributed by atoms with Gasteiger partial charge >= 0.3 is 0 Å². The lowest BCUT2D eigenvalue weighted by molar-refractivity contribution is 0.0950. The number of fused-ring (bicyclic) bond motifs is 1. The molecule has 0 aliphatic carbocycles. The summed E-state index contributed by atoms with van der Waals surface area (Å²) < 4.78 is 27.7. The van der Waals surface area contributed by atoms with E-state index in [2.05, 4.69) is 15.2 Å². The topological polar surface area (TPSA) is 83.8 Å². The minimum atomic E-state index is -3.60. The summed E-state index contributed by atoms with van der Waals surface area (Å²) in [5.41, 5.74) is 3.20. The Morgan fingerprint density at radius 2 is 1.58 bits per heavy atom. The molecule has 8 heteroatoms. The van der Waals surface area contributed by atoms with Crippen LogP contribution in [-0.4, -0.2) is 49.2 Å². The number of aromatic nitrogens is 2. The van der Waals surface area contributed by atoms with Gasteiger partial charge in [-0.15, -0.1) is 0 Å². The van der Waals surface area contributed by atoms with Gasteiger partial charge in [0.25, 0.3) is 5.91 Å². The lowest BCUT2D eigenvalue weighted by Gasteiger charge is -2.10. The molecule has 1 N–H and O–H groups in total. The first-order chi connectivity index (χ1) is 15.8. The van der Waals surface area contributed by atoms with E-state index in [0.29, 0.717) is 12.1 Å². The lowest BCUT2D eigenvalue weighted by Crippen LogP contribution is -2.23. The highest BCUT2D eigenvalue weighted by Crippen LogP contribution is 2.22. The number of pyridine rings is 1. The summed E-state index contributed by atoms with van der Waals surface area (Å²) in [5.74, 6) is -0.211. The first kappa shape index (κ1) is 22.7. The number of nitrogens with one attached hydrogen (secondary N) is 1. The zero-order valence-corrected chi connectivity index (χ0v) is 19.4. The molecule has 1 amide bonds. The molecule has 4 aromatic rings. The Morgan fingerprint density at radius 1 is 0.939 bits per heavy atom. The van der Waals surface area contributed by atoms with Gasteiger partial charge in [-0.2, -0.15) is 0 Å². The Bertz CT molecular complexity index is 1360. The molecule has 2 aromatic carbocycles. The summed E-state index contributed by atoms with van der Waals surface area (Å²) in [7, 11) is 0.416. The van der Waals surface area contributed by atoms with Crippen molar-refractivity contribution in [3.8, 4) is 0 Å². The van der Waals surface area contributed by atoms with Gasteiger partial charge in [0, 0.05) is 31.7 Å².